The molecule has 114 valence electrons. The van der Waals surface area contributed by atoms with Gasteiger partial charge in [0.2, 0.25) is 0 Å². The van der Waals surface area contributed by atoms with Crippen molar-refractivity contribution in [3.05, 3.63) is 29.8 Å². The van der Waals surface area contributed by atoms with E-state index in [1.54, 1.807) is 0 Å². The molecule has 1 aliphatic heterocycles. The third kappa shape index (κ3) is 5.72. The quantitative estimate of drug-likeness (QED) is 0.762. The van der Waals surface area contributed by atoms with Crippen molar-refractivity contribution >= 4 is 5.69 Å². The molecule has 21 heavy (non-hydrogen) atoms. The summed E-state index contributed by atoms with van der Waals surface area (Å²) in [5, 5.41) is 21.6. The van der Waals surface area contributed by atoms with E-state index in [1.165, 1.54) is 0 Å². The second-order valence-electron chi connectivity index (χ2n) is 5.24. The Morgan fingerprint density at radius 1 is 1.43 bits per heavy atom. The molecule has 0 spiro atoms. The lowest BCUT2D eigenvalue weighted by Gasteiger charge is -2.15. The first kappa shape index (κ1) is 15.8. The van der Waals surface area contributed by atoms with Gasteiger partial charge < -0.3 is 19.9 Å². The van der Waals surface area contributed by atoms with Gasteiger partial charge >= 0.3 is 0 Å². The molecule has 1 heterocycles. The van der Waals surface area contributed by atoms with Crippen LogP contribution in [0.4, 0.5) is 5.69 Å². The van der Waals surface area contributed by atoms with E-state index >= 15 is 0 Å². The molecule has 1 aliphatic rings. The highest BCUT2D eigenvalue weighted by Crippen LogP contribution is 2.12. The molecule has 5 heteroatoms. The SMILES string of the molecule is N#CCc1ccc(NCC(O)COCC2CCCO2)cc1. The number of anilines is 1. The molecule has 0 aromatic heterocycles. The molecule has 2 N–H and O–H groups in total. The Morgan fingerprint density at radius 3 is 2.90 bits per heavy atom. The van der Waals surface area contributed by atoms with E-state index in [0.717, 1.165) is 30.7 Å². The maximum absolute atomic E-state index is 9.85. The van der Waals surface area contributed by atoms with Gasteiger partial charge in [-0.05, 0) is 30.5 Å². The number of benzene rings is 1. The second-order valence-corrected chi connectivity index (χ2v) is 5.24. The largest absolute Gasteiger partial charge is 0.389 e. The summed E-state index contributed by atoms with van der Waals surface area (Å²) in [6.07, 6.45) is 2.20. The van der Waals surface area contributed by atoms with E-state index in [4.69, 9.17) is 14.7 Å². The Labute approximate surface area is 125 Å². The number of hydrogen-bond acceptors (Lipinski definition) is 5. The normalized spacial score (nSPS) is 19.1. The number of hydrogen-bond donors (Lipinski definition) is 2. The maximum Gasteiger partial charge on any atom is 0.0945 e. The van der Waals surface area contributed by atoms with Gasteiger partial charge in [0.1, 0.15) is 0 Å². The Hall–Kier alpha value is -1.61. The van der Waals surface area contributed by atoms with Crippen LogP contribution in [0.5, 0.6) is 0 Å². The summed E-state index contributed by atoms with van der Waals surface area (Å²) >= 11 is 0. The van der Waals surface area contributed by atoms with Crippen molar-refractivity contribution in [1.82, 2.24) is 0 Å². The lowest BCUT2D eigenvalue weighted by atomic mass is 10.1. The molecule has 2 rings (SSSR count). The Morgan fingerprint density at radius 2 is 2.24 bits per heavy atom. The predicted molar refractivity (Wildman–Crippen MR) is 80.0 cm³/mol. The fourth-order valence-electron chi connectivity index (χ4n) is 2.24. The van der Waals surface area contributed by atoms with Gasteiger partial charge in [0, 0.05) is 18.8 Å². The van der Waals surface area contributed by atoms with Crippen LogP contribution in [-0.4, -0.2) is 43.7 Å². The van der Waals surface area contributed by atoms with E-state index in [2.05, 4.69) is 11.4 Å². The van der Waals surface area contributed by atoms with Crippen LogP contribution >= 0.6 is 0 Å². The molecule has 0 amide bonds. The fourth-order valence-corrected chi connectivity index (χ4v) is 2.24. The summed E-state index contributed by atoms with van der Waals surface area (Å²) in [6.45, 7) is 2.11. The van der Waals surface area contributed by atoms with Crippen molar-refractivity contribution in [2.45, 2.75) is 31.5 Å². The van der Waals surface area contributed by atoms with Gasteiger partial charge in [0.25, 0.3) is 0 Å². The predicted octanol–water partition coefficient (Wildman–Crippen LogP) is 1.72. The number of aliphatic hydroxyl groups excluding tert-OH is 1. The van der Waals surface area contributed by atoms with Crippen molar-refractivity contribution < 1.29 is 14.6 Å². The molecule has 1 fully saturated rings. The van der Waals surface area contributed by atoms with Crippen molar-refractivity contribution in [2.75, 3.05) is 31.7 Å². The first-order valence-electron chi connectivity index (χ1n) is 7.35. The zero-order valence-corrected chi connectivity index (χ0v) is 12.1. The van der Waals surface area contributed by atoms with Gasteiger partial charge in [-0.3, -0.25) is 0 Å². The number of nitriles is 1. The molecule has 0 radical (unpaired) electrons. The third-order valence-electron chi connectivity index (χ3n) is 3.42. The number of nitrogens with zero attached hydrogens (tertiary/aromatic N) is 1. The molecule has 0 bridgehead atoms. The van der Waals surface area contributed by atoms with E-state index in [0.29, 0.717) is 26.2 Å². The van der Waals surface area contributed by atoms with Crippen LogP contribution in [-0.2, 0) is 15.9 Å². The average molecular weight is 290 g/mol. The van der Waals surface area contributed by atoms with Crippen molar-refractivity contribution in [1.29, 1.82) is 5.26 Å². The Kier molecular flexibility index (Phi) is 6.48. The first-order chi connectivity index (χ1) is 10.3. The summed E-state index contributed by atoms with van der Waals surface area (Å²) in [5.41, 5.74) is 1.92. The van der Waals surface area contributed by atoms with Crippen LogP contribution in [0.25, 0.3) is 0 Å². The number of nitrogens with one attached hydrogen (secondary N) is 1. The van der Waals surface area contributed by atoms with Crippen LogP contribution in [0.2, 0.25) is 0 Å². The lowest BCUT2D eigenvalue weighted by Crippen LogP contribution is -2.27. The highest BCUT2D eigenvalue weighted by Gasteiger charge is 2.16. The van der Waals surface area contributed by atoms with Crippen LogP contribution in [0.15, 0.2) is 24.3 Å². The number of rotatable bonds is 8. The molecule has 1 aromatic carbocycles. The van der Waals surface area contributed by atoms with Gasteiger partial charge in [-0.15, -0.1) is 0 Å². The molecule has 5 nitrogen and oxygen atoms in total. The minimum absolute atomic E-state index is 0.192. The first-order valence-corrected chi connectivity index (χ1v) is 7.35. The van der Waals surface area contributed by atoms with E-state index in [9.17, 15) is 5.11 Å². The van der Waals surface area contributed by atoms with Crippen LogP contribution < -0.4 is 5.32 Å². The third-order valence-corrected chi connectivity index (χ3v) is 3.42. The van der Waals surface area contributed by atoms with Crippen molar-refractivity contribution in [3.8, 4) is 6.07 Å². The van der Waals surface area contributed by atoms with E-state index < -0.39 is 6.10 Å². The summed E-state index contributed by atoms with van der Waals surface area (Å²) in [6, 6.07) is 9.75. The zero-order valence-electron chi connectivity index (χ0n) is 12.1. The molecular weight excluding hydrogens is 268 g/mol. The monoisotopic (exact) mass is 290 g/mol. The fraction of sp³-hybridized carbons (Fsp3) is 0.562. The Bertz CT molecular complexity index is 450. The van der Waals surface area contributed by atoms with Crippen molar-refractivity contribution in [3.63, 3.8) is 0 Å². The minimum Gasteiger partial charge on any atom is -0.389 e. The van der Waals surface area contributed by atoms with Crippen LogP contribution in [0.1, 0.15) is 18.4 Å². The standard InChI is InChI=1S/C16H22N2O3/c17-8-7-13-3-5-14(6-4-13)18-10-15(19)11-20-12-16-2-1-9-21-16/h3-6,15-16,18-19H,1-2,7,9-12H2. The Balaban J connectivity index is 1.61. The van der Waals surface area contributed by atoms with Crippen LogP contribution in [0.3, 0.4) is 0 Å². The number of ether oxygens (including phenoxy) is 2. The molecule has 2 atom stereocenters. The number of aliphatic hydroxyl groups is 1. The minimum atomic E-state index is -0.551. The smallest absolute Gasteiger partial charge is 0.0945 e. The van der Waals surface area contributed by atoms with Crippen molar-refractivity contribution in [2.24, 2.45) is 0 Å². The molecule has 0 saturated carbocycles. The van der Waals surface area contributed by atoms with E-state index in [1.807, 2.05) is 24.3 Å². The second kappa shape index (κ2) is 8.63. The average Bonchev–Trinajstić information content (AvgIpc) is 3.00. The molecular formula is C16H22N2O3. The van der Waals surface area contributed by atoms with Gasteiger partial charge in [0.15, 0.2) is 0 Å². The van der Waals surface area contributed by atoms with Gasteiger partial charge in [-0.1, -0.05) is 12.1 Å². The molecule has 1 saturated heterocycles. The highest BCUT2D eigenvalue weighted by molar-refractivity contribution is 5.45. The molecule has 0 aliphatic carbocycles. The van der Waals surface area contributed by atoms with Crippen LogP contribution in [0, 0.1) is 11.3 Å². The zero-order chi connectivity index (χ0) is 14.9. The topological polar surface area (TPSA) is 74.5 Å². The summed E-state index contributed by atoms with van der Waals surface area (Å²) in [5.74, 6) is 0. The summed E-state index contributed by atoms with van der Waals surface area (Å²) in [4.78, 5) is 0. The maximum atomic E-state index is 9.85. The highest BCUT2D eigenvalue weighted by atomic mass is 16.5. The van der Waals surface area contributed by atoms with E-state index in [-0.39, 0.29) is 6.10 Å². The summed E-state index contributed by atoms with van der Waals surface area (Å²) < 4.78 is 10.9. The molecule has 1 aromatic rings. The summed E-state index contributed by atoms with van der Waals surface area (Å²) in [7, 11) is 0. The van der Waals surface area contributed by atoms with Gasteiger partial charge in [0.05, 0.1) is 37.9 Å². The molecule has 2 unspecified atom stereocenters. The lowest BCUT2D eigenvalue weighted by molar-refractivity contribution is -0.0137. The van der Waals surface area contributed by atoms with Gasteiger partial charge in [-0.2, -0.15) is 5.26 Å². The van der Waals surface area contributed by atoms with Gasteiger partial charge in [-0.25, -0.2) is 0 Å².